The number of hydrogen-bond donors (Lipinski definition) is 1. The SMILES string of the molecule is Cc1nn(-c2ccccn2)c(C)c1CCNC(=O)C1CCC1. The number of nitrogens with zero attached hydrogens (tertiary/aromatic N) is 3. The summed E-state index contributed by atoms with van der Waals surface area (Å²) >= 11 is 0. The molecular formula is C17H22N4O. The van der Waals surface area contributed by atoms with Crippen molar-refractivity contribution in [1.29, 1.82) is 0 Å². The van der Waals surface area contributed by atoms with Gasteiger partial charge in [-0.15, -0.1) is 0 Å². The molecule has 0 atom stereocenters. The summed E-state index contributed by atoms with van der Waals surface area (Å²) in [5.41, 5.74) is 3.29. The van der Waals surface area contributed by atoms with Crippen LogP contribution in [0.5, 0.6) is 0 Å². The summed E-state index contributed by atoms with van der Waals surface area (Å²) in [7, 11) is 0. The third-order valence-electron chi connectivity index (χ3n) is 4.46. The van der Waals surface area contributed by atoms with E-state index < -0.39 is 0 Å². The van der Waals surface area contributed by atoms with Crippen molar-refractivity contribution in [2.75, 3.05) is 6.54 Å². The first kappa shape index (κ1) is 14.8. The molecule has 0 bridgehead atoms. The number of aromatic nitrogens is 3. The molecule has 2 aromatic rings. The number of rotatable bonds is 5. The highest BCUT2D eigenvalue weighted by Crippen LogP contribution is 2.26. The zero-order valence-corrected chi connectivity index (χ0v) is 13.2. The van der Waals surface area contributed by atoms with Gasteiger partial charge in [-0.05, 0) is 50.8 Å². The van der Waals surface area contributed by atoms with Gasteiger partial charge in [0.25, 0.3) is 0 Å². The van der Waals surface area contributed by atoms with Crippen LogP contribution in [0.15, 0.2) is 24.4 Å². The van der Waals surface area contributed by atoms with E-state index in [9.17, 15) is 4.79 Å². The lowest BCUT2D eigenvalue weighted by molar-refractivity contribution is -0.127. The van der Waals surface area contributed by atoms with Crippen LogP contribution in [-0.4, -0.2) is 27.2 Å². The van der Waals surface area contributed by atoms with Crippen molar-refractivity contribution in [1.82, 2.24) is 20.1 Å². The van der Waals surface area contributed by atoms with Crippen molar-refractivity contribution < 1.29 is 4.79 Å². The number of nitrogens with one attached hydrogen (secondary N) is 1. The molecule has 22 heavy (non-hydrogen) atoms. The number of aryl methyl sites for hydroxylation is 1. The molecule has 5 heteroatoms. The maximum atomic E-state index is 11.9. The van der Waals surface area contributed by atoms with Gasteiger partial charge in [0.05, 0.1) is 5.69 Å². The Labute approximate surface area is 130 Å². The Kier molecular flexibility index (Phi) is 4.22. The van der Waals surface area contributed by atoms with E-state index in [1.165, 1.54) is 12.0 Å². The van der Waals surface area contributed by atoms with Gasteiger partial charge in [-0.2, -0.15) is 5.10 Å². The van der Waals surface area contributed by atoms with Crippen LogP contribution in [-0.2, 0) is 11.2 Å². The fraction of sp³-hybridized carbons (Fsp3) is 0.471. The largest absolute Gasteiger partial charge is 0.356 e. The summed E-state index contributed by atoms with van der Waals surface area (Å²) < 4.78 is 1.87. The molecule has 1 amide bonds. The van der Waals surface area contributed by atoms with Crippen molar-refractivity contribution in [3.8, 4) is 5.82 Å². The number of pyridine rings is 1. The molecule has 0 aliphatic heterocycles. The summed E-state index contributed by atoms with van der Waals surface area (Å²) in [4.78, 5) is 16.2. The standard InChI is InChI=1S/C17H22N4O/c1-12-15(9-11-19-17(22)14-6-5-7-14)13(2)21(20-12)16-8-3-4-10-18-16/h3-4,8,10,14H,5-7,9,11H2,1-2H3,(H,19,22). The van der Waals surface area contributed by atoms with E-state index in [-0.39, 0.29) is 11.8 Å². The molecule has 0 aromatic carbocycles. The zero-order chi connectivity index (χ0) is 15.5. The highest BCUT2D eigenvalue weighted by molar-refractivity contribution is 5.79. The third-order valence-corrected chi connectivity index (χ3v) is 4.46. The van der Waals surface area contributed by atoms with Gasteiger partial charge in [0, 0.05) is 24.4 Å². The van der Waals surface area contributed by atoms with E-state index in [0.717, 1.165) is 36.5 Å². The summed E-state index contributed by atoms with van der Waals surface area (Å²) in [6, 6.07) is 5.80. The Morgan fingerprint density at radius 1 is 1.36 bits per heavy atom. The molecule has 1 aliphatic rings. The van der Waals surface area contributed by atoms with Crippen LogP contribution in [0.4, 0.5) is 0 Å². The van der Waals surface area contributed by atoms with Crippen LogP contribution in [0, 0.1) is 19.8 Å². The van der Waals surface area contributed by atoms with Gasteiger partial charge in [-0.1, -0.05) is 12.5 Å². The van der Waals surface area contributed by atoms with Crippen LogP contribution < -0.4 is 5.32 Å². The molecule has 2 aromatic heterocycles. The molecule has 1 N–H and O–H groups in total. The first-order valence-corrected chi connectivity index (χ1v) is 7.91. The third kappa shape index (κ3) is 2.89. The summed E-state index contributed by atoms with van der Waals surface area (Å²) in [5, 5.41) is 7.63. The Morgan fingerprint density at radius 3 is 2.82 bits per heavy atom. The Bertz CT molecular complexity index is 659. The van der Waals surface area contributed by atoms with Crippen LogP contribution in [0.3, 0.4) is 0 Å². The van der Waals surface area contributed by atoms with E-state index in [1.807, 2.05) is 29.8 Å². The van der Waals surface area contributed by atoms with Gasteiger partial charge >= 0.3 is 0 Å². The van der Waals surface area contributed by atoms with E-state index in [0.29, 0.717) is 6.54 Å². The predicted molar refractivity (Wildman–Crippen MR) is 84.9 cm³/mol. The minimum absolute atomic E-state index is 0.207. The molecule has 0 spiro atoms. The van der Waals surface area contributed by atoms with Gasteiger partial charge in [0.1, 0.15) is 0 Å². The molecule has 116 valence electrons. The highest BCUT2D eigenvalue weighted by atomic mass is 16.1. The van der Waals surface area contributed by atoms with Crippen LogP contribution in [0.25, 0.3) is 5.82 Å². The van der Waals surface area contributed by atoms with Crippen molar-refractivity contribution in [2.24, 2.45) is 5.92 Å². The van der Waals surface area contributed by atoms with Gasteiger partial charge in [0.2, 0.25) is 5.91 Å². The molecular weight excluding hydrogens is 276 g/mol. The minimum Gasteiger partial charge on any atom is -0.356 e. The molecule has 5 nitrogen and oxygen atoms in total. The molecule has 2 heterocycles. The monoisotopic (exact) mass is 298 g/mol. The van der Waals surface area contributed by atoms with Gasteiger partial charge in [-0.3, -0.25) is 4.79 Å². The fourth-order valence-electron chi connectivity index (χ4n) is 2.86. The summed E-state index contributed by atoms with van der Waals surface area (Å²) in [6.07, 6.45) is 5.85. The van der Waals surface area contributed by atoms with E-state index in [4.69, 9.17) is 0 Å². The van der Waals surface area contributed by atoms with Crippen LogP contribution in [0.2, 0.25) is 0 Å². The second-order valence-corrected chi connectivity index (χ2v) is 5.92. The summed E-state index contributed by atoms with van der Waals surface area (Å²) in [6.45, 7) is 4.73. The first-order chi connectivity index (χ1) is 10.7. The molecule has 1 fully saturated rings. The van der Waals surface area contributed by atoms with E-state index >= 15 is 0 Å². The second-order valence-electron chi connectivity index (χ2n) is 5.92. The summed E-state index contributed by atoms with van der Waals surface area (Å²) in [5.74, 6) is 1.28. The maximum absolute atomic E-state index is 11.9. The number of carbonyl (C=O) groups is 1. The lowest BCUT2D eigenvalue weighted by Gasteiger charge is -2.24. The van der Waals surface area contributed by atoms with E-state index in [1.54, 1.807) is 6.20 Å². The number of carbonyl (C=O) groups excluding carboxylic acids is 1. The van der Waals surface area contributed by atoms with E-state index in [2.05, 4.69) is 22.3 Å². The van der Waals surface area contributed by atoms with Crippen LogP contribution >= 0.6 is 0 Å². The number of amides is 1. The van der Waals surface area contributed by atoms with Crippen molar-refractivity contribution in [2.45, 2.75) is 39.5 Å². The maximum Gasteiger partial charge on any atom is 0.223 e. The molecule has 0 unspecified atom stereocenters. The quantitative estimate of drug-likeness (QED) is 0.921. The van der Waals surface area contributed by atoms with Crippen molar-refractivity contribution in [3.63, 3.8) is 0 Å². The lowest BCUT2D eigenvalue weighted by Crippen LogP contribution is -2.35. The average molecular weight is 298 g/mol. The second kappa shape index (κ2) is 6.30. The fourth-order valence-corrected chi connectivity index (χ4v) is 2.86. The molecule has 0 saturated heterocycles. The Morgan fingerprint density at radius 2 is 2.18 bits per heavy atom. The molecule has 1 saturated carbocycles. The van der Waals surface area contributed by atoms with Gasteiger partial charge in [-0.25, -0.2) is 9.67 Å². The highest BCUT2D eigenvalue weighted by Gasteiger charge is 2.24. The molecule has 1 aliphatic carbocycles. The topological polar surface area (TPSA) is 59.8 Å². The molecule has 3 rings (SSSR count). The average Bonchev–Trinajstić information content (AvgIpc) is 2.74. The van der Waals surface area contributed by atoms with Crippen LogP contribution in [0.1, 0.15) is 36.2 Å². The minimum atomic E-state index is 0.207. The normalized spacial score (nSPS) is 14.6. The van der Waals surface area contributed by atoms with Crippen molar-refractivity contribution >= 4 is 5.91 Å². The number of hydrogen-bond acceptors (Lipinski definition) is 3. The first-order valence-electron chi connectivity index (χ1n) is 7.91. The zero-order valence-electron chi connectivity index (χ0n) is 13.2. The predicted octanol–water partition coefficient (Wildman–Crippen LogP) is 2.34. The van der Waals surface area contributed by atoms with Crippen molar-refractivity contribution in [3.05, 3.63) is 41.3 Å². The van der Waals surface area contributed by atoms with Gasteiger partial charge < -0.3 is 5.32 Å². The smallest absolute Gasteiger partial charge is 0.223 e. The van der Waals surface area contributed by atoms with Gasteiger partial charge in [0.15, 0.2) is 5.82 Å². The molecule has 0 radical (unpaired) electrons. The Balaban J connectivity index is 1.66. The Hall–Kier alpha value is -2.17. The lowest BCUT2D eigenvalue weighted by atomic mass is 9.85.